The summed E-state index contributed by atoms with van der Waals surface area (Å²) in [6.45, 7) is 0. The minimum atomic E-state index is -4.80. The van der Waals surface area contributed by atoms with Crippen molar-refractivity contribution in [2.75, 3.05) is 5.32 Å². The van der Waals surface area contributed by atoms with Crippen molar-refractivity contribution < 1.29 is 22.7 Å². The van der Waals surface area contributed by atoms with Gasteiger partial charge < -0.3 is 15.8 Å². The summed E-state index contributed by atoms with van der Waals surface area (Å²) in [6, 6.07) is 5.45. The Bertz CT molecular complexity index is 505. The standard InChI is InChI=1S/C14H17F3N2O2/c15-14(16,17)21-12-7-2-1-6-11(12)19-13(20)9-4-3-5-10(18)8-9/h1-2,6-7,9-10H,3-5,8,18H2,(H,19,20). The van der Waals surface area contributed by atoms with Crippen LogP contribution in [0.4, 0.5) is 18.9 Å². The van der Waals surface area contributed by atoms with Crippen LogP contribution in [0.1, 0.15) is 25.7 Å². The lowest BCUT2D eigenvalue weighted by atomic mass is 9.85. The van der Waals surface area contributed by atoms with Gasteiger partial charge in [-0.3, -0.25) is 4.79 Å². The molecule has 0 heterocycles. The van der Waals surface area contributed by atoms with Crippen molar-refractivity contribution >= 4 is 11.6 Å². The third-order valence-electron chi connectivity index (χ3n) is 3.46. The van der Waals surface area contributed by atoms with Crippen LogP contribution >= 0.6 is 0 Å². The van der Waals surface area contributed by atoms with E-state index in [2.05, 4.69) is 10.1 Å². The molecule has 0 bridgehead atoms. The maximum absolute atomic E-state index is 12.3. The number of halogens is 3. The molecule has 1 fully saturated rings. The summed E-state index contributed by atoms with van der Waals surface area (Å²) in [4.78, 5) is 12.1. The van der Waals surface area contributed by atoms with Gasteiger partial charge in [0.25, 0.3) is 0 Å². The normalized spacial score (nSPS) is 22.7. The Kier molecular flexibility index (Phi) is 4.72. The fraction of sp³-hybridized carbons (Fsp3) is 0.500. The third-order valence-corrected chi connectivity index (χ3v) is 3.46. The van der Waals surface area contributed by atoms with Crippen molar-refractivity contribution in [3.05, 3.63) is 24.3 Å². The molecule has 0 aromatic heterocycles. The number of alkyl halides is 3. The van der Waals surface area contributed by atoms with Crippen LogP contribution in [0.3, 0.4) is 0 Å². The Balaban J connectivity index is 2.07. The van der Waals surface area contributed by atoms with Gasteiger partial charge in [-0.2, -0.15) is 0 Å². The van der Waals surface area contributed by atoms with Crippen LogP contribution in [0.25, 0.3) is 0 Å². The van der Waals surface area contributed by atoms with E-state index in [1.807, 2.05) is 0 Å². The predicted octanol–water partition coefficient (Wildman–Crippen LogP) is 3.04. The number of carbonyl (C=O) groups is 1. The summed E-state index contributed by atoms with van der Waals surface area (Å²) >= 11 is 0. The number of nitrogens with one attached hydrogen (secondary N) is 1. The predicted molar refractivity (Wildman–Crippen MR) is 71.7 cm³/mol. The number of para-hydroxylation sites is 2. The number of hydrogen-bond donors (Lipinski definition) is 2. The minimum absolute atomic E-state index is 0.0129. The van der Waals surface area contributed by atoms with Crippen LogP contribution in [-0.4, -0.2) is 18.3 Å². The molecule has 1 aliphatic carbocycles. The second kappa shape index (κ2) is 6.34. The first-order valence-corrected chi connectivity index (χ1v) is 6.76. The number of hydrogen-bond acceptors (Lipinski definition) is 3. The fourth-order valence-corrected chi connectivity index (χ4v) is 2.48. The molecule has 0 spiro atoms. The molecule has 4 nitrogen and oxygen atoms in total. The summed E-state index contributed by atoms with van der Waals surface area (Å²) in [5.74, 6) is -1.01. The number of ether oxygens (including phenoxy) is 1. The van der Waals surface area contributed by atoms with Crippen LogP contribution in [-0.2, 0) is 4.79 Å². The van der Waals surface area contributed by atoms with E-state index >= 15 is 0 Å². The smallest absolute Gasteiger partial charge is 0.404 e. The molecule has 3 N–H and O–H groups in total. The number of carbonyl (C=O) groups excluding carboxylic acids is 1. The second-order valence-electron chi connectivity index (χ2n) is 5.16. The lowest BCUT2D eigenvalue weighted by Crippen LogP contribution is -2.34. The Morgan fingerprint density at radius 3 is 2.67 bits per heavy atom. The highest BCUT2D eigenvalue weighted by Gasteiger charge is 2.32. The molecule has 2 rings (SSSR count). The Morgan fingerprint density at radius 1 is 1.29 bits per heavy atom. The van der Waals surface area contributed by atoms with Gasteiger partial charge in [0, 0.05) is 12.0 Å². The third kappa shape index (κ3) is 4.63. The molecule has 7 heteroatoms. The molecule has 1 aromatic rings. The summed E-state index contributed by atoms with van der Waals surface area (Å²) < 4.78 is 40.8. The van der Waals surface area contributed by atoms with E-state index in [9.17, 15) is 18.0 Å². The highest BCUT2D eigenvalue weighted by molar-refractivity contribution is 5.94. The molecule has 1 aromatic carbocycles. The number of amides is 1. The molecular weight excluding hydrogens is 285 g/mol. The van der Waals surface area contributed by atoms with Crippen molar-refractivity contribution in [2.45, 2.75) is 38.1 Å². The molecule has 116 valence electrons. The maximum atomic E-state index is 12.3. The Labute approximate surface area is 120 Å². The first kappa shape index (κ1) is 15.6. The summed E-state index contributed by atoms with van der Waals surface area (Å²) in [5.41, 5.74) is 5.83. The number of benzene rings is 1. The van der Waals surface area contributed by atoms with Crippen molar-refractivity contribution in [3.63, 3.8) is 0 Å². The first-order chi connectivity index (χ1) is 9.85. The van der Waals surface area contributed by atoms with Gasteiger partial charge in [-0.1, -0.05) is 18.6 Å². The van der Waals surface area contributed by atoms with Crippen LogP contribution in [0.15, 0.2) is 24.3 Å². The molecule has 1 amide bonds. The largest absolute Gasteiger partial charge is 0.573 e. The summed E-state index contributed by atoms with van der Waals surface area (Å²) in [6.07, 6.45) is -1.83. The van der Waals surface area contributed by atoms with Crippen LogP contribution in [0, 0.1) is 5.92 Å². The summed E-state index contributed by atoms with van der Waals surface area (Å²) in [5, 5.41) is 2.50. The van der Waals surface area contributed by atoms with Gasteiger partial charge >= 0.3 is 6.36 Å². The molecule has 1 saturated carbocycles. The molecule has 0 radical (unpaired) electrons. The van der Waals surface area contributed by atoms with E-state index in [4.69, 9.17) is 5.73 Å². The van der Waals surface area contributed by atoms with Crippen molar-refractivity contribution in [2.24, 2.45) is 11.7 Å². The highest BCUT2D eigenvalue weighted by atomic mass is 19.4. The molecule has 2 atom stereocenters. The molecule has 21 heavy (non-hydrogen) atoms. The number of anilines is 1. The van der Waals surface area contributed by atoms with Gasteiger partial charge in [0.1, 0.15) is 0 Å². The average molecular weight is 302 g/mol. The lowest BCUT2D eigenvalue weighted by molar-refractivity contribution is -0.274. The van der Waals surface area contributed by atoms with Gasteiger partial charge in [-0.05, 0) is 31.4 Å². The SMILES string of the molecule is NC1CCCC(C(=O)Nc2ccccc2OC(F)(F)F)C1. The Morgan fingerprint density at radius 2 is 2.00 bits per heavy atom. The van der Waals surface area contributed by atoms with Crippen LogP contribution in [0.2, 0.25) is 0 Å². The quantitative estimate of drug-likeness (QED) is 0.902. The van der Waals surface area contributed by atoms with Gasteiger partial charge in [0.15, 0.2) is 5.75 Å². The Hall–Kier alpha value is -1.76. The topological polar surface area (TPSA) is 64.4 Å². The second-order valence-corrected chi connectivity index (χ2v) is 5.16. The van der Waals surface area contributed by atoms with E-state index in [1.165, 1.54) is 18.2 Å². The van der Waals surface area contributed by atoms with E-state index in [-0.39, 0.29) is 23.6 Å². The average Bonchev–Trinajstić information content (AvgIpc) is 2.39. The van der Waals surface area contributed by atoms with Gasteiger partial charge in [-0.15, -0.1) is 13.2 Å². The number of nitrogens with two attached hydrogens (primary N) is 1. The zero-order valence-corrected chi connectivity index (χ0v) is 11.3. The maximum Gasteiger partial charge on any atom is 0.573 e. The zero-order valence-electron chi connectivity index (χ0n) is 11.3. The van der Waals surface area contributed by atoms with E-state index < -0.39 is 12.1 Å². The molecule has 1 aliphatic rings. The monoisotopic (exact) mass is 302 g/mol. The van der Waals surface area contributed by atoms with Gasteiger partial charge in [0.2, 0.25) is 5.91 Å². The van der Waals surface area contributed by atoms with Crippen molar-refractivity contribution in [1.29, 1.82) is 0 Å². The minimum Gasteiger partial charge on any atom is -0.404 e. The molecule has 0 saturated heterocycles. The molecule has 2 unspecified atom stereocenters. The van der Waals surface area contributed by atoms with Crippen molar-refractivity contribution in [1.82, 2.24) is 0 Å². The number of rotatable bonds is 3. The lowest BCUT2D eigenvalue weighted by Gasteiger charge is -2.26. The fourth-order valence-electron chi connectivity index (χ4n) is 2.48. The van der Waals surface area contributed by atoms with E-state index in [0.717, 1.165) is 18.9 Å². The van der Waals surface area contributed by atoms with Gasteiger partial charge in [-0.25, -0.2) is 0 Å². The van der Waals surface area contributed by atoms with Crippen LogP contribution in [0.5, 0.6) is 5.75 Å². The summed E-state index contributed by atoms with van der Waals surface area (Å²) in [7, 11) is 0. The van der Waals surface area contributed by atoms with Crippen molar-refractivity contribution in [3.8, 4) is 5.75 Å². The first-order valence-electron chi connectivity index (χ1n) is 6.76. The molecule has 0 aliphatic heterocycles. The van der Waals surface area contributed by atoms with Gasteiger partial charge in [0.05, 0.1) is 5.69 Å². The van der Waals surface area contributed by atoms with E-state index in [0.29, 0.717) is 12.8 Å². The molecular formula is C14H17F3N2O2. The zero-order chi connectivity index (χ0) is 15.5. The highest BCUT2D eigenvalue weighted by Crippen LogP contribution is 2.31. The van der Waals surface area contributed by atoms with Crippen LogP contribution < -0.4 is 15.8 Å². The van der Waals surface area contributed by atoms with E-state index in [1.54, 1.807) is 0 Å².